The molecule has 0 fully saturated rings. The van der Waals surface area contributed by atoms with Crippen LogP contribution < -0.4 is 0 Å². The standard InChI is InChI=1S/C16H10N4OS/c21-16(15-11-3-1-2-4-13(11)18-19-15)12-9-17-7-5-10(12)14-6-8-22-20-14/h1-9H,(H,18,19). The van der Waals surface area contributed by atoms with Crippen molar-refractivity contribution in [3.05, 3.63) is 65.4 Å². The largest absolute Gasteiger partial charge is 0.287 e. The van der Waals surface area contributed by atoms with Gasteiger partial charge in [-0.15, -0.1) is 0 Å². The van der Waals surface area contributed by atoms with Gasteiger partial charge in [0.25, 0.3) is 0 Å². The second-order valence-corrected chi connectivity index (χ2v) is 5.42. The molecule has 0 aliphatic heterocycles. The first-order valence-corrected chi connectivity index (χ1v) is 7.51. The number of hydrogen-bond donors (Lipinski definition) is 1. The maximum Gasteiger partial charge on any atom is 0.216 e. The average molecular weight is 306 g/mol. The number of benzene rings is 1. The smallest absolute Gasteiger partial charge is 0.216 e. The van der Waals surface area contributed by atoms with Gasteiger partial charge in [-0.3, -0.25) is 14.9 Å². The molecule has 0 saturated carbocycles. The summed E-state index contributed by atoms with van der Waals surface area (Å²) >= 11 is 1.35. The first-order chi connectivity index (χ1) is 10.8. The summed E-state index contributed by atoms with van der Waals surface area (Å²) in [7, 11) is 0. The second kappa shape index (κ2) is 5.16. The van der Waals surface area contributed by atoms with Crippen LogP contribution in [-0.4, -0.2) is 25.3 Å². The number of para-hydroxylation sites is 1. The Kier molecular flexibility index (Phi) is 3.01. The lowest BCUT2D eigenvalue weighted by molar-refractivity contribution is 0.103. The highest BCUT2D eigenvalue weighted by Gasteiger charge is 2.20. The summed E-state index contributed by atoms with van der Waals surface area (Å²) in [5, 5.41) is 9.75. The van der Waals surface area contributed by atoms with Crippen molar-refractivity contribution in [2.24, 2.45) is 0 Å². The molecule has 3 aromatic heterocycles. The molecule has 4 rings (SSSR count). The van der Waals surface area contributed by atoms with Crippen LogP contribution in [0.25, 0.3) is 22.2 Å². The minimum absolute atomic E-state index is 0.159. The minimum atomic E-state index is -0.159. The predicted molar refractivity (Wildman–Crippen MR) is 84.9 cm³/mol. The zero-order valence-corrected chi connectivity index (χ0v) is 12.2. The fourth-order valence-electron chi connectivity index (χ4n) is 2.41. The lowest BCUT2D eigenvalue weighted by atomic mass is 10.0. The summed E-state index contributed by atoms with van der Waals surface area (Å²) < 4.78 is 4.31. The first kappa shape index (κ1) is 12.8. The molecule has 0 aliphatic carbocycles. The van der Waals surface area contributed by atoms with Crippen LogP contribution in [0.4, 0.5) is 0 Å². The first-order valence-electron chi connectivity index (χ1n) is 6.67. The number of pyridine rings is 1. The molecule has 106 valence electrons. The quantitative estimate of drug-likeness (QED) is 0.589. The van der Waals surface area contributed by atoms with E-state index in [4.69, 9.17) is 0 Å². The molecule has 0 atom stereocenters. The highest BCUT2D eigenvalue weighted by molar-refractivity contribution is 7.03. The molecule has 0 spiro atoms. The molecule has 22 heavy (non-hydrogen) atoms. The number of nitrogens with one attached hydrogen (secondary N) is 1. The fraction of sp³-hybridized carbons (Fsp3) is 0. The Balaban J connectivity index is 1.88. The van der Waals surface area contributed by atoms with Crippen LogP contribution >= 0.6 is 11.5 Å². The molecule has 1 N–H and O–H groups in total. The van der Waals surface area contributed by atoms with Crippen molar-refractivity contribution in [1.29, 1.82) is 0 Å². The second-order valence-electron chi connectivity index (χ2n) is 4.75. The van der Waals surface area contributed by atoms with Crippen LogP contribution in [0.15, 0.2) is 54.2 Å². The molecule has 0 unspecified atom stereocenters. The molecule has 4 aromatic rings. The van der Waals surface area contributed by atoms with E-state index >= 15 is 0 Å². The molecule has 0 saturated heterocycles. The number of H-pyrrole nitrogens is 1. The third kappa shape index (κ3) is 2.01. The molecule has 0 radical (unpaired) electrons. The Morgan fingerprint density at radius 3 is 2.91 bits per heavy atom. The highest BCUT2D eigenvalue weighted by Crippen LogP contribution is 2.26. The number of rotatable bonds is 3. The van der Waals surface area contributed by atoms with E-state index in [1.165, 1.54) is 11.5 Å². The number of aromatic nitrogens is 4. The van der Waals surface area contributed by atoms with Crippen molar-refractivity contribution in [1.82, 2.24) is 19.6 Å². The molecule has 0 amide bonds. The lowest BCUT2D eigenvalue weighted by Crippen LogP contribution is -2.05. The Bertz CT molecular complexity index is 959. The molecule has 3 heterocycles. The zero-order chi connectivity index (χ0) is 14.9. The number of nitrogens with zero attached hydrogens (tertiary/aromatic N) is 3. The summed E-state index contributed by atoms with van der Waals surface area (Å²) in [6.45, 7) is 0. The van der Waals surface area contributed by atoms with Gasteiger partial charge in [0, 0.05) is 28.7 Å². The van der Waals surface area contributed by atoms with Crippen LogP contribution in [0.2, 0.25) is 0 Å². The summed E-state index contributed by atoms with van der Waals surface area (Å²) in [6, 6.07) is 11.3. The van der Waals surface area contributed by atoms with Gasteiger partial charge >= 0.3 is 0 Å². The van der Waals surface area contributed by atoms with Gasteiger partial charge in [0.15, 0.2) is 0 Å². The topological polar surface area (TPSA) is 71.5 Å². The molecule has 0 aliphatic rings. The van der Waals surface area contributed by atoms with Gasteiger partial charge in [0.2, 0.25) is 5.78 Å². The molecular weight excluding hydrogens is 296 g/mol. The average Bonchev–Trinajstić information content (AvgIpc) is 3.24. The number of carbonyl (C=O) groups is 1. The van der Waals surface area contributed by atoms with Gasteiger partial charge in [-0.25, -0.2) is 0 Å². The number of carbonyl (C=O) groups excluding carboxylic acids is 1. The van der Waals surface area contributed by atoms with Gasteiger partial charge in [0.05, 0.1) is 16.8 Å². The van der Waals surface area contributed by atoms with E-state index in [-0.39, 0.29) is 5.78 Å². The third-order valence-corrected chi connectivity index (χ3v) is 4.02. The van der Waals surface area contributed by atoms with Gasteiger partial charge in [-0.1, -0.05) is 18.2 Å². The van der Waals surface area contributed by atoms with Crippen LogP contribution in [0.3, 0.4) is 0 Å². The Hall–Kier alpha value is -2.86. The van der Waals surface area contributed by atoms with E-state index in [0.717, 1.165) is 22.2 Å². The maximum atomic E-state index is 12.9. The summed E-state index contributed by atoms with van der Waals surface area (Å²) in [6.07, 6.45) is 3.23. The molecule has 1 aromatic carbocycles. The Morgan fingerprint density at radius 1 is 1.14 bits per heavy atom. The molecular formula is C16H10N4OS. The molecule has 6 heteroatoms. The maximum absolute atomic E-state index is 12.9. The monoisotopic (exact) mass is 306 g/mol. The Labute approximate surface area is 129 Å². The summed E-state index contributed by atoms with van der Waals surface area (Å²) in [5.74, 6) is -0.159. The fourth-order valence-corrected chi connectivity index (χ4v) is 2.94. The van der Waals surface area contributed by atoms with Gasteiger partial charge in [-0.2, -0.15) is 9.47 Å². The van der Waals surface area contributed by atoms with Crippen molar-refractivity contribution < 1.29 is 4.79 Å². The van der Waals surface area contributed by atoms with E-state index in [0.29, 0.717) is 11.3 Å². The van der Waals surface area contributed by atoms with Crippen LogP contribution in [0.1, 0.15) is 16.1 Å². The van der Waals surface area contributed by atoms with E-state index in [2.05, 4.69) is 19.6 Å². The van der Waals surface area contributed by atoms with Crippen molar-refractivity contribution >= 4 is 28.2 Å². The number of hydrogen-bond acceptors (Lipinski definition) is 5. The summed E-state index contributed by atoms with van der Waals surface area (Å²) in [5.41, 5.74) is 3.29. The van der Waals surface area contributed by atoms with Crippen LogP contribution in [0, 0.1) is 0 Å². The lowest BCUT2D eigenvalue weighted by Gasteiger charge is -2.04. The SMILES string of the molecule is O=C(c1cnccc1-c1ccsn1)c1n[nH]c2ccccc12. The van der Waals surface area contributed by atoms with Crippen molar-refractivity contribution in [2.75, 3.05) is 0 Å². The van der Waals surface area contributed by atoms with E-state index < -0.39 is 0 Å². The number of fused-ring (bicyclic) bond motifs is 1. The zero-order valence-electron chi connectivity index (χ0n) is 11.4. The predicted octanol–water partition coefficient (Wildman–Crippen LogP) is 3.31. The van der Waals surface area contributed by atoms with Crippen molar-refractivity contribution in [3.8, 4) is 11.3 Å². The summed E-state index contributed by atoms with van der Waals surface area (Å²) in [4.78, 5) is 17.0. The van der Waals surface area contributed by atoms with Gasteiger partial charge in [0.1, 0.15) is 5.69 Å². The van der Waals surface area contributed by atoms with Gasteiger partial charge < -0.3 is 0 Å². The van der Waals surface area contributed by atoms with Crippen molar-refractivity contribution in [2.45, 2.75) is 0 Å². The van der Waals surface area contributed by atoms with E-state index in [9.17, 15) is 4.79 Å². The van der Waals surface area contributed by atoms with Gasteiger partial charge in [-0.05, 0) is 29.7 Å². The highest BCUT2D eigenvalue weighted by atomic mass is 32.1. The molecule has 0 bridgehead atoms. The number of aromatic amines is 1. The normalized spacial score (nSPS) is 10.9. The van der Waals surface area contributed by atoms with Crippen LogP contribution in [-0.2, 0) is 0 Å². The van der Waals surface area contributed by atoms with E-state index in [1.54, 1.807) is 18.5 Å². The number of ketones is 1. The minimum Gasteiger partial charge on any atom is -0.287 e. The molecule has 5 nitrogen and oxygen atoms in total. The van der Waals surface area contributed by atoms with E-state index in [1.807, 2.05) is 35.7 Å². The third-order valence-electron chi connectivity index (χ3n) is 3.46. The Morgan fingerprint density at radius 2 is 2.05 bits per heavy atom. The van der Waals surface area contributed by atoms with Crippen molar-refractivity contribution in [3.63, 3.8) is 0 Å². The van der Waals surface area contributed by atoms with Crippen LogP contribution in [0.5, 0.6) is 0 Å².